The smallest absolute Gasteiger partial charge is 0.257 e. The van der Waals surface area contributed by atoms with Crippen LogP contribution in [-0.2, 0) is 0 Å². The van der Waals surface area contributed by atoms with E-state index in [1.165, 1.54) is 0 Å². The summed E-state index contributed by atoms with van der Waals surface area (Å²) in [6, 6.07) is 0. The molecule has 0 saturated carbocycles. The topological polar surface area (TPSA) is 75.4 Å². The summed E-state index contributed by atoms with van der Waals surface area (Å²) in [4.78, 5) is 11.7. The van der Waals surface area contributed by atoms with Gasteiger partial charge in [-0.2, -0.15) is 0 Å². The van der Waals surface area contributed by atoms with Crippen LogP contribution in [0.25, 0.3) is 0 Å². The Hall–Kier alpha value is -1.83. The molecule has 1 rings (SSSR count). The van der Waals surface area contributed by atoms with Gasteiger partial charge in [-0.25, -0.2) is 17.6 Å². The van der Waals surface area contributed by atoms with Crippen molar-refractivity contribution in [3.05, 3.63) is 28.8 Å². The van der Waals surface area contributed by atoms with Crippen molar-refractivity contribution in [2.24, 2.45) is 0 Å². The second kappa shape index (κ2) is 12.5. The third-order valence-electron chi connectivity index (χ3n) is 3.39. The summed E-state index contributed by atoms with van der Waals surface area (Å²) >= 11 is 0. The molecule has 4 N–H and O–H groups in total. The zero-order valence-electron chi connectivity index (χ0n) is 14.6. The molecule has 0 aromatic heterocycles. The number of nitrogens with one attached hydrogen (secondary N) is 1. The van der Waals surface area contributed by atoms with E-state index in [2.05, 4.69) is 5.32 Å². The Morgan fingerprint density at radius 3 is 1.84 bits per heavy atom. The number of aliphatic hydroxyl groups is 1. The third-order valence-corrected chi connectivity index (χ3v) is 3.39. The summed E-state index contributed by atoms with van der Waals surface area (Å²) in [6.45, 7) is 4.28. The van der Waals surface area contributed by atoms with E-state index < -0.39 is 40.4 Å². The van der Waals surface area contributed by atoms with Gasteiger partial charge in [-0.1, -0.05) is 39.5 Å². The number of unbranched alkanes of at least 4 members (excludes halogenated alkanes) is 5. The van der Waals surface area contributed by atoms with Crippen molar-refractivity contribution in [1.82, 2.24) is 5.32 Å². The number of carbonyl (C=O) groups is 1. The van der Waals surface area contributed by atoms with Crippen LogP contribution < -0.4 is 11.1 Å². The molecule has 0 atom stereocenters. The number of nitrogens with two attached hydrogens (primary N) is 1. The molecule has 0 fully saturated rings. The molecule has 0 aliphatic rings. The summed E-state index contributed by atoms with van der Waals surface area (Å²) in [5.41, 5.74) is 2.26. The van der Waals surface area contributed by atoms with Gasteiger partial charge >= 0.3 is 0 Å². The molecule has 0 radical (unpaired) electrons. The summed E-state index contributed by atoms with van der Waals surface area (Å²) < 4.78 is 53.7. The first kappa shape index (κ1) is 23.2. The molecule has 1 amide bonds. The first-order valence-corrected chi connectivity index (χ1v) is 8.42. The lowest BCUT2D eigenvalue weighted by atomic mass is 10.1. The van der Waals surface area contributed by atoms with Crippen molar-refractivity contribution < 1.29 is 28.9 Å². The highest BCUT2D eigenvalue weighted by Crippen LogP contribution is 2.25. The number of benzene rings is 1. The molecular formula is C17H28F4N2O2. The molecule has 0 aliphatic carbocycles. The second-order valence-electron chi connectivity index (χ2n) is 5.15. The summed E-state index contributed by atoms with van der Waals surface area (Å²) in [6.07, 6.45) is 4.82. The number of rotatable bonds is 9. The van der Waals surface area contributed by atoms with E-state index in [0.29, 0.717) is 6.42 Å². The van der Waals surface area contributed by atoms with Crippen molar-refractivity contribution in [3.63, 3.8) is 0 Å². The third kappa shape index (κ3) is 6.89. The second-order valence-corrected chi connectivity index (χ2v) is 5.15. The SMILES string of the molecule is CC.Nc1c(F)c(F)c(C(=O)NCCCCCCCCO)c(F)c1F.[HH]. The van der Waals surface area contributed by atoms with Crippen LogP contribution in [0.5, 0.6) is 0 Å². The summed E-state index contributed by atoms with van der Waals surface area (Å²) in [5.74, 6) is -8.39. The number of hydrogen-bond donors (Lipinski definition) is 3. The zero-order chi connectivity index (χ0) is 19.4. The van der Waals surface area contributed by atoms with Crippen molar-refractivity contribution in [1.29, 1.82) is 0 Å². The van der Waals surface area contributed by atoms with Crippen LogP contribution in [0.15, 0.2) is 0 Å². The number of halogens is 4. The molecule has 1 aromatic rings. The molecule has 0 heterocycles. The standard InChI is InChI=1S/C15H20F4N2O2.C2H6.H2/c16-10-9(11(17)13(19)14(20)12(10)18)15(23)21-7-5-3-1-2-4-6-8-22;1-2;/h22H,1-8,20H2,(H,21,23);1-2H3;1H. The number of nitrogen functional groups attached to an aromatic ring is 1. The molecule has 25 heavy (non-hydrogen) atoms. The van der Waals surface area contributed by atoms with E-state index in [1.807, 2.05) is 13.8 Å². The Morgan fingerprint density at radius 2 is 1.36 bits per heavy atom. The molecule has 1 aromatic carbocycles. The predicted molar refractivity (Wildman–Crippen MR) is 91.3 cm³/mol. The number of carbonyl (C=O) groups excluding carboxylic acids is 1. The highest BCUT2D eigenvalue weighted by Gasteiger charge is 2.27. The lowest BCUT2D eigenvalue weighted by molar-refractivity contribution is 0.0942. The molecule has 0 bridgehead atoms. The van der Waals surface area contributed by atoms with Crippen LogP contribution >= 0.6 is 0 Å². The summed E-state index contributed by atoms with van der Waals surface area (Å²) in [5, 5.41) is 10.8. The minimum absolute atomic E-state index is 0. The number of amides is 1. The molecule has 4 nitrogen and oxygen atoms in total. The van der Waals surface area contributed by atoms with Gasteiger partial charge in [-0.3, -0.25) is 4.79 Å². The van der Waals surface area contributed by atoms with E-state index in [4.69, 9.17) is 10.8 Å². The van der Waals surface area contributed by atoms with Gasteiger partial charge in [0.1, 0.15) is 11.3 Å². The van der Waals surface area contributed by atoms with Gasteiger partial charge in [-0.15, -0.1) is 0 Å². The predicted octanol–water partition coefficient (Wildman–Crippen LogP) is 4.16. The van der Waals surface area contributed by atoms with E-state index >= 15 is 0 Å². The van der Waals surface area contributed by atoms with Gasteiger partial charge in [0.05, 0.1) is 0 Å². The van der Waals surface area contributed by atoms with Crippen LogP contribution in [0.3, 0.4) is 0 Å². The van der Waals surface area contributed by atoms with Gasteiger partial charge in [-0.05, 0) is 12.8 Å². The minimum atomic E-state index is -1.80. The molecule has 0 saturated heterocycles. The minimum Gasteiger partial charge on any atom is -0.396 e. The van der Waals surface area contributed by atoms with Crippen molar-refractivity contribution in [2.45, 2.75) is 52.4 Å². The highest BCUT2D eigenvalue weighted by atomic mass is 19.2. The average molecular weight is 368 g/mol. The maximum Gasteiger partial charge on any atom is 0.257 e. The average Bonchev–Trinajstić information content (AvgIpc) is 2.62. The molecule has 146 valence electrons. The largest absolute Gasteiger partial charge is 0.396 e. The zero-order valence-corrected chi connectivity index (χ0v) is 14.6. The van der Waals surface area contributed by atoms with Crippen molar-refractivity contribution in [3.8, 4) is 0 Å². The van der Waals surface area contributed by atoms with Gasteiger partial charge < -0.3 is 16.2 Å². The maximum atomic E-state index is 13.6. The van der Waals surface area contributed by atoms with Crippen LogP contribution in [0.2, 0.25) is 0 Å². The first-order chi connectivity index (χ1) is 11.9. The molecule has 0 spiro atoms. The number of hydrogen-bond acceptors (Lipinski definition) is 3. The molecular weight excluding hydrogens is 340 g/mol. The van der Waals surface area contributed by atoms with Crippen LogP contribution in [0, 0.1) is 23.3 Å². The Bertz CT molecular complexity index is 531. The van der Waals surface area contributed by atoms with Gasteiger partial charge in [0.2, 0.25) is 0 Å². The van der Waals surface area contributed by atoms with Crippen LogP contribution in [-0.4, -0.2) is 24.2 Å². The highest BCUT2D eigenvalue weighted by molar-refractivity contribution is 5.95. The fourth-order valence-corrected chi connectivity index (χ4v) is 2.08. The fourth-order valence-electron chi connectivity index (χ4n) is 2.08. The molecule has 0 aliphatic heterocycles. The van der Waals surface area contributed by atoms with Crippen molar-refractivity contribution >= 4 is 11.6 Å². The molecule has 0 unspecified atom stereocenters. The van der Waals surface area contributed by atoms with Gasteiger partial charge in [0.25, 0.3) is 5.91 Å². The van der Waals surface area contributed by atoms with Crippen molar-refractivity contribution in [2.75, 3.05) is 18.9 Å². The van der Waals surface area contributed by atoms with E-state index in [9.17, 15) is 22.4 Å². The summed E-state index contributed by atoms with van der Waals surface area (Å²) in [7, 11) is 0. The number of aliphatic hydroxyl groups excluding tert-OH is 1. The Morgan fingerprint density at radius 1 is 0.920 bits per heavy atom. The van der Waals surface area contributed by atoms with E-state index in [0.717, 1.165) is 32.1 Å². The van der Waals surface area contributed by atoms with E-state index in [1.54, 1.807) is 0 Å². The quantitative estimate of drug-likeness (QED) is 0.265. The first-order valence-electron chi connectivity index (χ1n) is 8.42. The normalized spacial score (nSPS) is 10.2. The van der Waals surface area contributed by atoms with Gasteiger partial charge in [0.15, 0.2) is 23.3 Å². The lowest BCUT2D eigenvalue weighted by Gasteiger charge is -2.10. The fraction of sp³-hybridized carbons (Fsp3) is 0.588. The Kier molecular flexibility index (Phi) is 11.6. The lowest BCUT2D eigenvalue weighted by Crippen LogP contribution is -2.27. The Balaban J connectivity index is 0. The van der Waals surface area contributed by atoms with Gasteiger partial charge in [0, 0.05) is 14.6 Å². The Labute approximate surface area is 146 Å². The van der Waals surface area contributed by atoms with Crippen LogP contribution in [0.1, 0.15) is 64.2 Å². The molecule has 8 heteroatoms. The monoisotopic (exact) mass is 368 g/mol. The van der Waals surface area contributed by atoms with Crippen LogP contribution in [0.4, 0.5) is 23.2 Å². The maximum absolute atomic E-state index is 13.6. The number of anilines is 1. The van der Waals surface area contributed by atoms with E-state index in [-0.39, 0.29) is 14.6 Å².